The zero-order chi connectivity index (χ0) is 13.5. The minimum atomic E-state index is 0.882. The van der Waals surface area contributed by atoms with E-state index < -0.39 is 0 Å². The molecule has 0 saturated carbocycles. The summed E-state index contributed by atoms with van der Waals surface area (Å²) in [5, 5.41) is 7.75. The van der Waals surface area contributed by atoms with E-state index in [2.05, 4.69) is 33.6 Å². The van der Waals surface area contributed by atoms with Gasteiger partial charge in [0.25, 0.3) is 0 Å². The van der Waals surface area contributed by atoms with E-state index in [1.54, 1.807) is 0 Å². The second-order valence-electron chi connectivity index (χ2n) is 6.04. The van der Waals surface area contributed by atoms with Crippen molar-refractivity contribution >= 4 is 11.3 Å². The number of aromatic nitrogens is 2. The Hall–Kier alpha value is -1.17. The van der Waals surface area contributed by atoms with Crippen LogP contribution in [0.5, 0.6) is 0 Å². The molecule has 0 aliphatic carbocycles. The molecule has 0 radical (unpaired) electrons. The fourth-order valence-corrected chi connectivity index (χ4v) is 4.49. The maximum absolute atomic E-state index is 4.25. The number of fused-ring (bicyclic) bond motifs is 1. The van der Waals surface area contributed by atoms with Crippen molar-refractivity contribution in [2.24, 2.45) is 18.9 Å². The molecule has 2 aliphatic heterocycles. The number of hydrogen-bond acceptors (Lipinski definition) is 4. The molecule has 0 spiro atoms. The third-order valence-electron chi connectivity index (χ3n) is 4.50. The van der Waals surface area contributed by atoms with Gasteiger partial charge in [0.1, 0.15) is 0 Å². The Morgan fingerprint density at radius 1 is 1.30 bits per heavy atom. The molecule has 4 heterocycles. The first-order valence-electron chi connectivity index (χ1n) is 7.29. The van der Waals surface area contributed by atoms with Crippen LogP contribution in [0.3, 0.4) is 0 Å². The van der Waals surface area contributed by atoms with Gasteiger partial charge in [0.05, 0.1) is 6.20 Å². The Kier molecular flexibility index (Phi) is 3.13. The Balaban J connectivity index is 1.44. The molecule has 2 saturated heterocycles. The second kappa shape index (κ2) is 4.98. The van der Waals surface area contributed by atoms with Crippen molar-refractivity contribution in [1.82, 2.24) is 20.0 Å². The van der Waals surface area contributed by atoms with Crippen molar-refractivity contribution in [3.8, 4) is 10.4 Å². The number of nitrogens with one attached hydrogen (secondary N) is 1. The summed E-state index contributed by atoms with van der Waals surface area (Å²) >= 11 is 1.90. The van der Waals surface area contributed by atoms with E-state index in [1.165, 1.54) is 41.5 Å². The Morgan fingerprint density at radius 3 is 2.80 bits per heavy atom. The van der Waals surface area contributed by atoms with Gasteiger partial charge < -0.3 is 5.32 Å². The topological polar surface area (TPSA) is 33.1 Å². The Bertz CT molecular complexity index is 591. The van der Waals surface area contributed by atoms with Crippen molar-refractivity contribution in [3.63, 3.8) is 0 Å². The van der Waals surface area contributed by atoms with Gasteiger partial charge in [0.15, 0.2) is 0 Å². The van der Waals surface area contributed by atoms with E-state index in [-0.39, 0.29) is 0 Å². The molecule has 5 heteroatoms. The van der Waals surface area contributed by atoms with Gasteiger partial charge in [-0.2, -0.15) is 5.10 Å². The number of likely N-dealkylation sites (tertiary alicyclic amines) is 1. The largest absolute Gasteiger partial charge is 0.316 e. The third kappa shape index (κ3) is 2.30. The maximum Gasteiger partial charge on any atom is 0.0576 e. The summed E-state index contributed by atoms with van der Waals surface area (Å²) in [4.78, 5) is 5.42. The summed E-state index contributed by atoms with van der Waals surface area (Å²) in [6.45, 7) is 6.06. The third-order valence-corrected chi connectivity index (χ3v) is 5.61. The van der Waals surface area contributed by atoms with E-state index in [9.17, 15) is 0 Å². The fourth-order valence-electron chi connectivity index (χ4n) is 3.47. The smallest absolute Gasteiger partial charge is 0.0576 e. The molecule has 0 unspecified atom stereocenters. The zero-order valence-corrected chi connectivity index (χ0v) is 12.6. The van der Waals surface area contributed by atoms with Crippen LogP contribution in [0, 0.1) is 11.8 Å². The first-order chi connectivity index (χ1) is 9.78. The number of nitrogens with zero attached hydrogens (tertiary/aromatic N) is 3. The molecule has 2 aromatic rings. The van der Waals surface area contributed by atoms with Gasteiger partial charge in [0, 0.05) is 48.2 Å². The lowest BCUT2D eigenvalue weighted by molar-refractivity contribution is 0.308. The van der Waals surface area contributed by atoms with Crippen LogP contribution in [0.15, 0.2) is 24.5 Å². The van der Waals surface area contributed by atoms with Gasteiger partial charge in [-0.1, -0.05) is 0 Å². The van der Waals surface area contributed by atoms with Crippen LogP contribution in [0.4, 0.5) is 0 Å². The lowest BCUT2D eigenvalue weighted by atomic mass is 10.0. The van der Waals surface area contributed by atoms with Gasteiger partial charge in [-0.05, 0) is 37.1 Å². The van der Waals surface area contributed by atoms with Crippen LogP contribution in [-0.2, 0) is 13.6 Å². The molecule has 20 heavy (non-hydrogen) atoms. The first kappa shape index (κ1) is 12.6. The molecule has 4 rings (SSSR count). The number of thiophene rings is 1. The highest BCUT2D eigenvalue weighted by molar-refractivity contribution is 7.15. The summed E-state index contributed by atoms with van der Waals surface area (Å²) in [6.07, 6.45) is 4.03. The van der Waals surface area contributed by atoms with Crippen molar-refractivity contribution < 1.29 is 0 Å². The minimum Gasteiger partial charge on any atom is -0.316 e. The second-order valence-corrected chi connectivity index (χ2v) is 7.21. The molecule has 1 N–H and O–H groups in total. The SMILES string of the molecule is Cn1cc(-c2ccc(CN3C[C@H]4CNC[C@H]4C3)s2)cn1. The standard InChI is InChI=1S/C15H20N4S/c1-18-7-13(6-17-18)15-3-2-14(20-15)10-19-8-11-4-16-5-12(11)9-19/h2-3,6-7,11-12,16H,4-5,8-10H2,1H3/t11-,12+. The lowest BCUT2D eigenvalue weighted by Crippen LogP contribution is -2.24. The van der Waals surface area contributed by atoms with Crippen LogP contribution < -0.4 is 5.32 Å². The molecule has 2 atom stereocenters. The van der Waals surface area contributed by atoms with Crippen LogP contribution >= 0.6 is 11.3 Å². The van der Waals surface area contributed by atoms with Crippen molar-refractivity contribution in [1.29, 1.82) is 0 Å². The number of rotatable bonds is 3. The van der Waals surface area contributed by atoms with Gasteiger partial charge in [-0.3, -0.25) is 9.58 Å². The maximum atomic E-state index is 4.25. The summed E-state index contributed by atoms with van der Waals surface area (Å²) < 4.78 is 1.86. The summed E-state index contributed by atoms with van der Waals surface area (Å²) in [5.74, 6) is 1.76. The van der Waals surface area contributed by atoms with E-state index in [1.807, 2.05) is 29.3 Å². The molecule has 2 aromatic heterocycles. The van der Waals surface area contributed by atoms with E-state index in [0.717, 1.165) is 18.4 Å². The summed E-state index contributed by atoms with van der Waals surface area (Å²) in [6, 6.07) is 4.51. The molecule has 4 nitrogen and oxygen atoms in total. The van der Waals surface area contributed by atoms with Crippen LogP contribution in [0.1, 0.15) is 4.88 Å². The highest BCUT2D eigenvalue weighted by Gasteiger charge is 2.35. The highest BCUT2D eigenvalue weighted by Crippen LogP contribution is 2.31. The quantitative estimate of drug-likeness (QED) is 0.935. The first-order valence-corrected chi connectivity index (χ1v) is 8.10. The molecule has 2 fully saturated rings. The average Bonchev–Trinajstić information content (AvgIpc) is 3.12. The van der Waals surface area contributed by atoms with Crippen molar-refractivity contribution in [3.05, 3.63) is 29.4 Å². The number of hydrogen-bond donors (Lipinski definition) is 1. The molecule has 2 aliphatic rings. The van der Waals surface area contributed by atoms with E-state index in [0.29, 0.717) is 0 Å². The lowest BCUT2D eigenvalue weighted by Gasteiger charge is -2.15. The molecule has 0 bridgehead atoms. The van der Waals surface area contributed by atoms with Gasteiger partial charge >= 0.3 is 0 Å². The van der Waals surface area contributed by atoms with Gasteiger partial charge in [0.2, 0.25) is 0 Å². The average molecular weight is 288 g/mol. The van der Waals surface area contributed by atoms with Crippen molar-refractivity contribution in [2.75, 3.05) is 26.2 Å². The van der Waals surface area contributed by atoms with Gasteiger partial charge in [-0.25, -0.2) is 0 Å². The molecular formula is C15H20N4S. The van der Waals surface area contributed by atoms with Crippen LogP contribution in [0.25, 0.3) is 10.4 Å². The van der Waals surface area contributed by atoms with E-state index in [4.69, 9.17) is 0 Å². The summed E-state index contributed by atoms with van der Waals surface area (Å²) in [5.41, 5.74) is 1.23. The summed E-state index contributed by atoms with van der Waals surface area (Å²) in [7, 11) is 1.97. The van der Waals surface area contributed by atoms with E-state index >= 15 is 0 Å². The Labute approximate surface area is 123 Å². The highest BCUT2D eigenvalue weighted by atomic mass is 32.1. The predicted octanol–water partition coefficient (Wildman–Crippen LogP) is 1.80. The normalized spacial score (nSPS) is 26.2. The van der Waals surface area contributed by atoms with Gasteiger partial charge in [-0.15, -0.1) is 11.3 Å². The van der Waals surface area contributed by atoms with Crippen molar-refractivity contribution in [2.45, 2.75) is 6.54 Å². The predicted molar refractivity (Wildman–Crippen MR) is 81.6 cm³/mol. The minimum absolute atomic E-state index is 0.882. The number of aryl methyl sites for hydroxylation is 1. The zero-order valence-electron chi connectivity index (χ0n) is 11.7. The monoisotopic (exact) mass is 288 g/mol. The molecule has 0 amide bonds. The molecular weight excluding hydrogens is 268 g/mol. The van der Waals surface area contributed by atoms with Crippen LogP contribution in [-0.4, -0.2) is 40.9 Å². The Morgan fingerprint density at radius 2 is 2.10 bits per heavy atom. The fraction of sp³-hybridized carbons (Fsp3) is 0.533. The molecule has 0 aromatic carbocycles. The van der Waals surface area contributed by atoms with Crippen LogP contribution in [0.2, 0.25) is 0 Å². The molecule has 106 valence electrons.